The smallest absolute Gasteiger partial charge is 0.200 e. The number of ether oxygens (including phenoxy) is 1. The Bertz CT molecular complexity index is 610. The van der Waals surface area contributed by atoms with E-state index in [1.54, 1.807) is 0 Å². The second-order valence-electron chi connectivity index (χ2n) is 7.69. The summed E-state index contributed by atoms with van der Waals surface area (Å²) in [5.74, 6) is 1.21. The van der Waals surface area contributed by atoms with Gasteiger partial charge in [-0.15, -0.1) is 0 Å². The number of fused-ring (bicyclic) bond motifs is 1. The van der Waals surface area contributed by atoms with Crippen molar-refractivity contribution in [1.82, 2.24) is 0 Å². The van der Waals surface area contributed by atoms with Crippen LogP contribution in [-0.4, -0.2) is 11.4 Å². The normalized spacial score (nSPS) is 15.0. The van der Waals surface area contributed by atoms with Gasteiger partial charge in [-0.3, -0.25) is 0 Å². The predicted octanol–water partition coefficient (Wildman–Crippen LogP) is 5.25. The van der Waals surface area contributed by atoms with Crippen molar-refractivity contribution >= 4 is 10.8 Å². The number of hydrogen-bond acceptors (Lipinski definition) is 2. The first-order valence-electron chi connectivity index (χ1n) is 8.10. The number of aliphatic hydroxyl groups is 1. The number of benzene rings is 2. The first kappa shape index (κ1) is 16.8. The van der Waals surface area contributed by atoms with Crippen LogP contribution in [0.5, 0.6) is 5.75 Å². The zero-order valence-electron chi connectivity index (χ0n) is 14.3. The van der Waals surface area contributed by atoms with Crippen LogP contribution in [0.25, 0.3) is 10.8 Å². The highest BCUT2D eigenvalue weighted by molar-refractivity contribution is 5.83. The molecule has 2 rings (SSSR count). The van der Waals surface area contributed by atoms with Crippen molar-refractivity contribution in [2.24, 2.45) is 17.3 Å². The van der Waals surface area contributed by atoms with Crippen molar-refractivity contribution < 1.29 is 9.84 Å². The zero-order chi connectivity index (χ0) is 16.3. The van der Waals surface area contributed by atoms with Crippen LogP contribution in [0.1, 0.15) is 41.0 Å². The van der Waals surface area contributed by atoms with Crippen LogP contribution in [0.3, 0.4) is 0 Å². The molecule has 1 N–H and O–H groups in total. The van der Waals surface area contributed by atoms with Crippen LogP contribution in [0.2, 0.25) is 0 Å². The quantitative estimate of drug-likeness (QED) is 0.765. The van der Waals surface area contributed by atoms with Crippen molar-refractivity contribution in [3.8, 4) is 5.75 Å². The second kappa shape index (κ2) is 6.70. The fourth-order valence-corrected chi connectivity index (χ4v) is 2.84. The molecule has 0 fully saturated rings. The van der Waals surface area contributed by atoms with Crippen LogP contribution in [0.4, 0.5) is 0 Å². The summed E-state index contributed by atoms with van der Waals surface area (Å²) >= 11 is 0. The van der Waals surface area contributed by atoms with Gasteiger partial charge in [0.2, 0.25) is 0 Å². The SMILES string of the molecule is CC(C)C(CC(C)(C)C)C(O)Oc1ccc2ccccc2c1. The third kappa shape index (κ3) is 4.48. The highest BCUT2D eigenvalue weighted by Crippen LogP contribution is 2.32. The van der Waals surface area contributed by atoms with Crippen molar-refractivity contribution in [3.63, 3.8) is 0 Å². The Morgan fingerprint density at radius 3 is 2.23 bits per heavy atom. The molecule has 0 aliphatic rings. The molecule has 0 amide bonds. The molecule has 2 aromatic carbocycles. The molecule has 2 heteroatoms. The highest BCUT2D eigenvalue weighted by atomic mass is 16.6. The minimum atomic E-state index is -0.777. The lowest BCUT2D eigenvalue weighted by Gasteiger charge is -2.32. The summed E-state index contributed by atoms with van der Waals surface area (Å²) in [6.07, 6.45) is 0.153. The van der Waals surface area contributed by atoms with E-state index in [0.29, 0.717) is 5.92 Å². The fraction of sp³-hybridized carbons (Fsp3) is 0.500. The van der Waals surface area contributed by atoms with Gasteiger partial charge in [0.25, 0.3) is 0 Å². The maximum Gasteiger partial charge on any atom is 0.200 e. The molecule has 2 aromatic rings. The minimum absolute atomic E-state index is 0.117. The van der Waals surface area contributed by atoms with Crippen molar-refractivity contribution in [3.05, 3.63) is 42.5 Å². The van der Waals surface area contributed by atoms with Gasteiger partial charge >= 0.3 is 0 Å². The van der Waals surface area contributed by atoms with E-state index in [9.17, 15) is 5.11 Å². The van der Waals surface area contributed by atoms with Gasteiger partial charge in [-0.2, -0.15) is 0 Å². The van der Waals surface area contributed by atoms with Crippen molar-refractivity contribution in [2.75, 3.05) is 0 Å². The topological polar surface area (TPSA) is 29.5 Å². The summed E-state index contributed by atoms with van der Waals surface area (Å²) in [6.45, 7) is 10.9. The fourth-order valence-electron chi connectivity index (χ4n) is 2.84. The van der Waals surface area contributed by atoms with Gasteiger partial charge in [0.05, 0.1) is 0 Å². The van der Waals surface area contributed by atoms with Crippen LogP contribution in [-0.2, 0) is 0 Å². The average molecular weight is 300 g/mol. The van der Waals surface area contributed by atoms with Crippen LogP contribution >= 0.6 is 0 Å². The van der Waals surface area contributed by atoms with E-state index in [-0.39, 0.29) is 11.3 Å². The van der Waals surface area contributed by atoms with E-state index in [1.807, 2.05) is 30.3 Å². The molecule has 0 saturated heterocycles. The first-order chi connectivity index (χ1) is 10.3. The van der Waals surface area contributed by atoms with Crippen LogP contribution < -0.4 is 4.74 Å². The number of rotatable bonds is 5. The predicted molar refractivity (Wildman–Crippen MR) is 93.0 cm³/mol. The molecule has 0 spiro atoms. The molecular formula is C20H28O2. The van der Waals surface area contributed by atoms with E-state index in [2.05, 4.69) is 46.8 Å². The Balaban J connectivity index is 2.15. The van der Waals surface area contributed by atoms with Crippen molar-refractivity contribution in [2.45, 2.75) is 47.3 Å². The molecule has 2 atom stereocenters. The van der Waals surface area contributed by atoms with E-state index < -0.39 is 6.29 Å². The molecule has 0 bridgehead atoms. The van der Waals surface area contributed by atoms with Gasteiger partial charge in [0.1, 0.15) is 5.75 Å². The summed E-state index contributed by atoms with van der Waals surface area (Å²) in [4.78, 5) is 0. The van der Waals surface area contributed by atoms with Crippen molar-refractivity contribution in [1.29, 1.82) is 0 Å². The Labute approximate surface area is 134 Å². The maximum absolute atomic E-state index is 10.5. The standard InChI is InChI=1S/C20H28O2/c1-14(2)18(13-20(3,4)5)19(21)22-17-11-10-15-8-6-7-9-16(15)12-17/h6-12,14,18-19,21H,13H2,1-5H3. The van der Waals surface area contributed by atoms with Gasteiger partial charge < -0.3 is 9.84 Å². The van der Waals surface area contributed by atoms with Crippen LogP contribution in [0, 0.1) is 17.3 Å². The molecule has 120 valence electrons. The molecule has 0 aliphatic carbocycles. The van der Waals surface area contributed by atoms with Gasteiger partial charge in [-0.05, 0) is 40.7 Å². The molecule has 22 heavy (non-hydrogen) atoms. The van der Waals surface area contributed by atoms with E-state index in [0.717, 1.165) is 17.6 Å². The lowest BCUT2D eigenvalue weighted by Crippen LogP contribution is -2.33. The molecule has 0 heterocycles. The zero-order valence-corrected chi connectivity index (χ0v) is 14.3. The molecule has 0 aliphatic heterocycles. The van der Waals surface area contributed by atoms with Gasteiger partial charge in [0, 0.05) is 5.92 Å². The Morgan fingerprint density at radius 1 is 1.00 bits per heavy atom. The first-order valence-corrected chi connectivity index (χ1v) is 8.10. The number of aliphatic hydroxyl groups excluding tert-OH is 1. The molecule has 0 radical (unpaired) electrons. The summed E-state index contributed by atoms with van der Waals surface area (Å²) in [7, 11) is 0. The van der Waals surface area contributed by atoms with E-state index >= 15 is 0 Å². The molecule has 0 saturated carbocycles. The Kier molecular flexibility index (Phi) is 5.12. The second-order valence-corrected chi connectivity index (χ2v) is 7.69. The Hall–Kier alpha value is -1.54. The third-order valence-electron chi connectivity index (χ3n) is 4.05. The highest BCUT2D eigenvalue weighted by Gasteiger charge is 2.29. The average Bonchev–Trinajstić information content (AvgIpc) is 2.43. The summed E-state index contributed by atoms with van der Waals surface area (Å²) < 4.78 is 5.85. The largest absolute Gasteiger partial charge is 0.465 e. The summed E-state index contributed by atoms with van der Waals surface area (Å²) in [5.41, 5.74) is 0.169. The number of hydrogen-bond donors (Lipinski definition) is 1. The van der Waals surface area contributed by atoms with E-state index in [1.165, 1.54) is 5.39 Å². The Morgan fingerprint density at radius 2 is 1.64 bits per heavy atom. The third-order valence-corrected chi connectivity index (χ3v) is 4.05. The van der Waals surface area contributed by atoms with Gasteiger partial charge in [-0.1, -0.05) is 65.0 Å². The summed E-state index contributed by atoms with van der Waals surface area (Å²) in [5, 5.41) is 12.9. The van der Waals surface area contributed by atoms with E-state index in [4.69, 9.17) is 4.74 Å². The minimum Gasteiger partial charge on any atom is -0.465 e. The van der Waals surface area contributed by atoms with Crippen LogP contribution in [0.15, 0.2) is 42.5 Å². The lowest BCUT2D eigenvalue weighted by atomic mass is 9.79. The lowest BCUT2D eigenvalue weighted by molar-refractivity contribution is -0.0868. The molecule has 2 unspecified atom stereocenters. The molecule has 2 nitrogen and oxygen atoms in total. The monoisotopic (exact) mass is 300 g/mol. The van der Waals surface area contributed by atoms with Gasteiger partial charge in [-0.25, -0.2) is 0 Å². The maximum atomic E-state index is 10.5. The summed E-state index contributed by atoms with van der Waals surface area (Å²) in [6, 6.07) is 14.1. The van der Waals surface area contributed by atoms with Gasteiger partial charge in [0.15, 0.2) is 6.29 Å². The molecule has 0 aromatic heterocycles. The molecular weight excluding hydrogens is 272 g/mol.